The Kier molecular flexibility index (Phi) is 3.20. The van der Waals surface area contributed by atoms with E-state index >= 15 is 0 Å². The molecule has 0 amide bonds. The summed E-state index contributed by atoms with van der Waals surface area (Å²) >= 11 is 0. The van der Waals surface area contributed by atoms with Crippen LogP contribution in [-0.4, -0.2) is 25.1 Å². The van der Waals surface area contributed by atoms with Crippen LogP contribution in [0, 0.1) is 6.92 Å². The molecule has 0 aliphatic heterocycles. The number of rotatable bonds is 3. The van der Waals surface area contributed by atoms with Gasteiger partial charge in [-0.2, -0.15) is 0 Å². The van der Waals surface area contributed by atoms with Crippen LogP contribution in [0.3, 0.4) is 0 Å². The van der Waals surface area contributed by atoms with E-state index in [1.165, 1.54) is 0 Å². The highest BCUT2D eigenvalue weighted by molar-refractivity contribution is 5.86. The van der Waals surface area contributed by atoms with Crippen molar-refractivity contribution in [2.45, 2.75) is 26.4 Å². The molecule has 3 rings (SSSR count). The Balaban J connectivity index is 2.14. The zero-order valence-corrected chi connectivity index (χ0v) is 11.5. The minimum absolute atomic E-state index is 0.576. The van der Waals surface area contributed by atoms with Crippen molar-refractivity contribution in [1.29, 1.82) is 0 Å². The SMILES string of the molecule is CCC(O)c1cn(-c2cccc3ccc(C)nc23)nn1. The number of para-hydroxylation sites is 1. The summed E-state index contributed by atoms with van der Waals surface area (Å²) in [6, 6.07) is 9.96. The number of hydrogen-bond donors (Lipinski definition) is 1. The maximum atomic E-state index is 9.82. The molecular weight excluding hydrogens is 252 g/mol. The van der Waals surface area contributed by atoms with Gasteiger partial charge in [-0.15, -0.1) is 5.10 Å². The van der Waals surface area contributed by atoms with Crippen molar-refractivity contribution in [2.75, 3.05) is 0 Å². The van der Waals surface area contributed by atoms with Crippen LogP contribution in [0.25, 0.3) is 16.6 Å². The highest BCUT2D eigenvalue weighted by atomic mass is 16.3. The molecule has 5 heteroatoms. The van der Waals surface area contributed by atoms with Gasteiger partial charge in [-0.1, -0.05) is 30.3 Å². The second-order valence-electron chi connectivity index (χ2n) is 4.81. The zero-order valence-electron chi connectivity index (χ0n) is 11.5. The van der Waals surface area contributed by atoms with E-state index < -0.39 is 6.10 Å². The molecule has 5 nitrogen and oxygen atoms in total. The van der Waals surface area contributed by atoms with E-state index in [-0.39, 0.29) is 0 Å². The van der Waals surface area contributed by atoms with E-state index in [9.17, 15) is 5.11 Å². The number of aliphatic hydroxyl groups excluding tert-OH is 1. The average molecular weight is 268 g/mol. The first-order chi connectivity index (χ1) is 9.69. The highest BCUT2D eigenvalue weighted by Gasteiger charge is 2.12. The van der Waals surface area contributed by atoms with Crippen LogP contribution in [0.5, 0.6) is 0 Å². The summed E-state index contributed by atoms with van der Waals surface area (Å²) in [5, 5.41) is 19.0. The van der Waals surface area contributed by atoms with Gasteiger partial charge < -0.3 is 5.11 Å². The monoisotopic (exact) mass is 268 g/mol. The smallest absolute Gasteiger partial charge is 0.112 e. The van der Waals surface area contributed by atoms with Crippen LogP contribution in [0.15, 0.2) is 36.5 Å². The van der Waals surface area contributed by atoms with Crippen molar-refractivity contribution < 1.29 is 5.11 Å². The van der Waals surface area contributed by atoms with Gasteiger partial charge in [0.25, 0.3) is 0 Å². The Morgan fingerprint density at radius 1 is 1.25 bits per heavy atom. The lowest BCUT2D eigenvalue weighted by atomic mass is 10.1. The molecule has 0 radical (unpaired) electrons. The van der Waals surface area contributed by atoms with Gasteiger partial charge in [0, 0.05) is 11.1 Å². The van der Waals surface area contributed by atoms with Gasteiger partial charge in [0.15, 0.2) is 0 Å². The fourth-order valence-corrected chi connectivity index (χ4v) is 2.17. The molecule has 1 aromatic carbocycles. The highest BCUT2D eigenvalue weighted by Crippen LogP contribution is 2.21. The van der Waals surface area contributed by atoms with Crippen LogP contribution in [0.4, 0.5) is 0 Å². The third-order valence-corrected chi connectivity index (χ3v) is 3.32. The fourth-order valence-electron chi connectivity index (χ4n) is 2.17. The zero-order chi connectivity index (χ0) is 14.1. The van der Waals surface area contributed by atoms with E-state index in [2.05, 4.69) is 15.3 Å². The van der Waals surface area contributed by atoms with Crippen LogP contribution in [-0.2, 0) is 0 Å². The molecule has 0 saturated heterocycles. The third-order valence-electron chi connectivity index (χ3n) is 3.32. The molecule has 0 bridgehead atoms. The van der Waals surface area contributed by atoms with E-state index in [1.807, 2.05) is 44.2 Å². The standard InChI is InChI=1S/C15H16N4O/c1-3-14(20)12-9-19(18-17-12)13-6-4-5-11-8-7-10(2)16-15(11)13/h4-9,14,20H,3H2,1-2H3. The number of nitrogens with zero attached hydrogens (tertiary/aromatic N) is 4. The molecule has 3 aromatic rings. The second-order valence-corrected chi connectivity index (χ2v) is 4.81. The molecule has 2 aromatic heterocycles. The maximum Gasteiger partial charge on any atom is 0.112 e. The minimum Gasteiger partial charge on any atom is -0.387 e. The number of aliphatic hydroxyl groups is 1. The first-order valence-electron chi connectivity index (χ1n) is 6.66. The molecule has 0 aliphatic rings. The normalized spacial score (nSPS) is 12.8. The lowest BCUT2D eigenvalue weighted by Gasteiger charge is -2.06. The molecular formula is C15H16N4O. The first kappa shape index (κ1) is 12.7. The van der Waals surface area contributed by atoms with Gasteiger partial charge in [0.05, 0.1) is 23.5 Å². The summed E-state index contributed by atoms with van der Waals surface area (Å²) in [4.78, 5) is 4.58. The molecule has 20 heavy (non-hydrogen) atoms. The summed E-state index contributed by atoms with van der Waals surface area (Å²) in [5.74, 6) is 0. The number of pyridine rings is 1. The van der Waals surface area contributed by atoms with Gasteiger partial charge in [-0.3, -0.25) is 4.98 Å². The van der Waals surface area contributed by atoms with Crippen LogP contribution >= 0.6 is 0 Å². The van der Waals surface area contributed by atoms with Crippen molar-refractivity contribution in [1.82, 2.24) is 20.0 Å². The summed E-state index contributed by atoms with van der Waals surface area (Å²) in [5.41, 5.74) is 3.29. The molecule has 0 spiro atoms. The van der Waals surface area contributed by atoms with E-state index in [1.54, 1.807) is 10.9 Å². The van der Waals surface area contributed by atoms with Crippen LogP contribution < -0.4 is 0 Å². The van der Waals surface area contributed by atoms with Crippen molar-refractivity contribution >= 4 is 10.9 Å². The number of fused-ring (bicyclic) bond motifs is 1. The minimum atomic E-state index is -0.576. The Bertz CT molecular complexity index is 750. The van der Waals surface area contributed by atoms with E-state index in [0.29, 0.717) is 12.1 Å². The Hall–Kier alpha value is -2.27. The average Bonchev–Trinajstić information content (AvgIpc) is 2.95. The fraction of sp³-hybridized carbons (Fsp3) is 0.267. The first-order valence-corrected chi connectivity index (χ1v) is 6.66. The Morgan fingerprint density at radius 3 is 2.90 bits per heavy atom. The van der Waals surface area contributed by atoms with Gasteiger partial charge >= 0.3 is 0 Å². The molecule has 1 N–H and O–H groups in total. The lowest BCUT2D eigenvalue weighted by molar-refractivity contribution is 0.169. The molecule has 102 valence electrons. The largest absolute Gasteiger partial charge is 0.387 e. The van der Waals surface area contributed by atoms with E-state index in [4.69, 9.17) is 0 Å². The molecule has 0 saturated carbocycles. The van der Waals surface area contributed by atoms with Gasteiger partial charge in [0.2, 0.25) is 0 Å². The van der Waals surface area contributed by atoms with Crippen LogP contribution in [0.2, 0.25) is 0 Å². The number of hydrogen-bond acceptors (Lipinski definition) is 4. The summed E-state index contributed by atoms with van der Waals surface area (Å²) in [7, 11) is 0. The summed E-state index contributed by atoms with van der Waals surface area (Å²) in [6.07, 6.45) is 1.80. The molecule has 1 atom stereocenters. The predicted octanol–water partition coefficient (Wildman–Crippen LogP) is 2.57. The van der Waals surface area contributed by atoms with Gasteiger partial charge in [-0.25, -0.2) is 4.68 Å². The van der Waals surface area contributed by atoms with Crippen molar-refractivity contribution in [3.05, 3.63) is 47.9 Å². The van der Waals surface area contributed by atoms with E-state index in [0.717, 1.165) is 22.3 Å². The Morgan fingerprint density at radius 2 is 2.10 bits per heavy atom. The summed E-state index contributed by atoms with van der Waals surface area (Å²) < 4.78 is 1.67. The van der Waals surface area contributed by atoms with Crippen molar-refractivity contribution in [2.24, 2.45) is 0 Å². The van der Waals surface area contributed by atoms with Gasteiger partial charge in [-0.05, 0) is 25.5 Å². The summed E-state index contributed by atoms with van der Waals surface area (Å²) in [6.45, 7) is 3.87. The molecule has 1 unspecified atom stereocenters. The van der Waals surface area contributed by atoms with Crippen molar-refractivity contribution in [3.63, 3.8) is 0 Å². The molecule has 0 fully saturated rings. The Labute approximate surface area is 116 Å². The molecule has 0 aliphatic carbocycles. The number of aryl methyl sites for hydroxylation is 1. The van der Waals surface area contributed by atoms with Crippen LogP contribution in [0.1, 0.15) is 30.8 Å². The number of aromatic nitrogens is 4. The second kappa shape index (κ2) is 5.02. The van der Waals surface area contributed by atoms with Gasteiger partial charge in [0.1, 0.15) is 5.69 Å². The maximum absolute atomic E-state index is 9.82. The quantitative estimate of drug-likeness (QED) is 0.793. The lowest BCUT2D eigenvalue weighted by Crippen LogP contribution is -1.98. The molecule has 2 heterocycles. The van der Waals surface area contributed by atoms with Crippen molar-refractivity contribution in [3.8, 4) is 5.69 Å². The predicted molar refractivity (Wildman–Crippen MR) is 76.6 cm³/mol. The third kappa shape index (κ3) is 2.16. The number of benzene rings is 1. The topological polar surface area (TPSA) is 63.8 Å².